The molecular formula is C20H18O7. The maximum atomic E-state index is 12.5. The predicted molar refractivity (Wildman–Crippen MR) is 97.4 cm³/mol. The van der Waals surface area contributed by atoms with Gasteiger partial charge in [0.15, 0.2) is 6.10 Å². The van der Waals surface area contributed by atoms with Crippen molar-refractivity contribution in [2.45, 2.75) is 20.0 Å². The first-order chi connectivity index (χ1) is 13.0. The van der Waals surface area contributed by atoms with E-state index in [4.69, 9.17) is 18.6 Å². The van der Waals surface area contributed by atoms with Gasteiger partial charge >= 0.3 is 5.97 Å². The summed E-state index contributed by atoms with van der Waals surface area (Å²) in [5.41, 5.74) is -0.0865. The Bertz CT molecular complexity index is 1010. The third-order valence-corrected chi connectivity index (χ3v) is 3.71. The summed E-state index contributed by atoms with van der Waals surface area (Å²) in [6.45, 7) is 3.61. The van der Waals surface area contributed by atoms with E-state index in [-0.39, 0.29) is 29.1 Å². The molecule has 0 bridgehead atoms. The van der Waals surface area contributed by atoms with E-state index in [0.29, 0.717) is 16.9 Å². The predicted octanol–water partition coefficient (Wildman–Crippen LogP) is 3.62. The van der Waals surface area contributed by atoms with E-state index in [2.05, 4.69) is 0 Å². The summed E-state index contributed by atoms with van der Waals surface area (Å²) in [6.07, 6.45) is 0.456. The third-order valence-electron chi connectivity index (χ3n) is 3.71. The highest BCUT2D eigenvalue weighted by Gasteiger charge is 2.16. The first kappa shape index (κ1) is 18.3. The van der Waals surface area contributed by atoms with Crippen molar-refractivity contribution >= 4 is 16.9 Å². The molecular weight excluding hydrogens is 352 g/mol. The van der Waals surface area contributed by atoms with Crippen LogP contribution in [0.1, 0.15) is 13.8 Å². The van der Waals surface area contributed by atoms with Gasteiger partial charge in [0.1, 0.15) is 29.1 Å². The summed E-state index contributed by atoms with van der Waals surface area (Å²) in [5.74, 6) is 0.437. The van der Waals surface area contributed by atoms with E-state index in [1.807, 2.05) is 0 Å². The molecule has 2 aromatic carbocycles. The molecule has 0 aliphatic carbocycles. The maximum absolute atomic E-state index is 12.5. The van der Waals surface area contributed by atoms with Crippen LogP contribution in [0.4, 0.5) is 0 Å². The van der Waals surface area contributed by atoms with E-state index in [1.165, 1.54) is 24.5 Å². The van der Waals surface area contributed by atoms with Crippen LogP contribution in [0.2, 0.25) is 0 Å². The molecule has 1 unspecified atom stereocenters. The van der Waals surface area contributed by atoms with Crippen LogP contribution in [0, 0.1) is 0 Å². The fourth-order valence-corrected chi connectivity index (χ4v) is 2.39. The number of hydrogen-bond donors (Lipinski definition) is 1. The number of esters is 1. The molecule has 27 heavy (non-hydrogen) atoms. The van der Waals surface area contributed by atoms with Crippen LogP contribution in [-0.2, 0) is 9.53 Å². The normalized spacial score (nSPS) is 11.8. The van der Waals surface area contributed by atoms with E-state index >= 15 is 0 Å². The van der Waals surface area contributed by atoms with Gasteiger partial charge in [-0.2, -0.15) is 0 Å². The average Bonchev–Trinajstić information content (AvgIpc) is 2.65. The molecule has 3 rings (SSSR count). The number of phenolic OH excluding ortho intramolecular Hbond substituents is 1. The van der Waals surface area contributed by atoms with Gasteiger partial charge in [-0.05, 0) is 50.2 Å². The average molecular weight is 370 g/mol. The smallest absolute Gasteiger partial charge is 0.347 e. The van der Waals surface area contributed by atoms with E-state index in [1.54, 1.807) is 38.1 Å². The lowest BCUT2D eigenvalue weighted by Crippen LogP contribution is -2.25. The van der Waals surface area contributed by atoms with Gasteiger partial charge in [-0.1, -0.05) is 0 Å². The Morgan fingerprint density at radius 1 is 1.15 bits per heavy atom. The number of benzene rings is 2. The van der Waals surface area contributed by atoms with Crippen LogP contribution in [0.3, 0.4) is 0 Å². The van der Waals surface area contributed by atoms with Crippen molar-refractivity contribution in [2.24, 2.45) is 0 Å². The Morgan fingerprint density at radius 3 is 2.56 bits per heavy atom. The summed E-state index contributed by atoms with van der Waals surface area (Å²) in [5, 5.41) is 9.74. The molecule has 0 spiro atoms. The standard InChI is InChI=1S/C20H18O7/c1-3-24-20(23)12(2)26-14-5-7-15(8-6-14)27-18-11-25-17-10-13(21)4-9-16(17)19(18)22/h4-12,21H,3H2,1-2H3. The van der Waals surface area contributed by atoms with E-state index in [0.717, 1.165) is 0 Å². The first-order valence-corrected chi connectivity index (χ1v) is 8.33. The second kappa shape index (κ2) is 7.82. The molecule has 1 atom stereocenters. The van der Waals surface area contributed by atoms with Crippen LogP contribution < -0.4 is 14.9 Å². The van der Waals surface area contributed by atoms with Crippen molar-refractivity contribution in [3.8, 4) is 23.0 Å². The third kappa shape index (κ3) is 4.20. The Balaban J connectivity index is 1.74. The highest BCUT2D eigenvalue weighted by Crippen LogP contribution is 2.25. The van der Waals surface area contributed by atoms with E-state index < -0.39 is 12.1 Å². The van der Waals surface area contributed by atoms with Gasteiger partial charge in [-0.25, -0.2) is 4.79 Å². The molecule has 140 valence electrons. The molecule has 7 heteroatoms. The lowest BCUT2D eigenvalue weighted by atomic mass is 10.2. The van der Waals surface area contributed by atoms with Crippen molar-refractivity contribution in [2.75, 3.05) is 6.61 Å². The van der Waals surface area contributed by atoms with Gasteiger partial charge in [0.25, 0.3) is 0 Å². The lowest BCUT2D eigenvalue weighted by Gasteiger charge is -2.13. The summed E-state index contributed by atoms with van der Waals surface area (Å²) in [6, 6.07) is 10.7. The Hall–Kier alpha value is -3.48. The minimum Gasteiger partial charge on any atom is -0.508 e. The first-order valence-electron chi connectivity index (χ1n) is 8.33. The highest BCUT2D eigenvalue weighted by molar-refractivity contribution is 5.79. The highest BCUT2D eigenvalue weighted by atomic mass is 16.6. The lowest BCUT2D eigenvalue weighted by molar-refractivity contribution is -0.150. The quantitative estimate of drug-likeness (QED) is 0.662. The van der Waals surface area contributed by atoms with Gasteiger partial charge in [0.05, 0.1) is 12.0 Å². The molecule has 0 saturated carbocycles. The Labute approximate surface area is 154 Å². The van der Waals surface area contributed by atoms with Crippen molar-refractivity contribution in [3.63, 3.8) is 0 Å². The molecule has 0 amide bonds. The second-order valence-electron chi connectivity index (χ2n) is 5.70. The monoisotopic (exact) mass is 370 g/mol. The number of fused-ring (bicyclic) bond motifs is 1. The van der Waals surface area contributed by atoms with E-state index in [9.17, 15) is 14.7 Å². The molecule has 0 fully saturated rings. The summed E-state index contributed by atoms with van der Waals surface area (Å²) >= 11 is 0. The van der Waals surface area contributed by atoms with Gasteiger partial charge in [-0.3, -0.25) is 4.79 Å². The largest absolute Gasteiger partial charge is 0.508 e. The van der Waals surface area contributed by atoms with Crippen LogP contribution in [-0.4, -0.2) is 23.8 Å². The van der Waals surface area contributed by atoms with Gasteiger partial charge in [0.2, 0.25) is 11.2 Å². The number of phenols is 1. The van der Waals surface area contributed by atoms with Crippen molar-refractivity contribution in [1.29, 1.82) is 0 Å². The fraction of sp³-hybridized carbons (Fsp3) is 0.200. The van der Waals surface area contributed by atoms with Crippen LogP contribution in [0.25, 0.3) is 11.0 Å². The van der Waals surface area contributed by atoms with Crippen molar-refractivity contribution in [3.05, 3.63) is 59.0 Å². The molecule has 1 N–H and O–H groups in total. The topological polar surface area (TPSA) is 95.2 Å². The zero-order valence-electron chi connectivity index (χ0n) is 14.8. The van der Waals surface area contributed by atoms with Gasteiger partial charge < -0.3 is 23.7 Å². The SMILES string of the molecule is CCOC(=O)C(C)Oc1ccc(Oc2coc3cc(O)ccc3c2=O)cc1. The molecule has 1 aromatic heterocycles. The second-order valence-corrected chi connectivity index (χ2v) is 5.70. The van der Waals surface area contributed by atoms with Gasteiger partial charge in [0, 0.05) is 6.07 Å². The zero-order valence-corrected chi connectivity index (χ0v) is 14.8. The Morgan fingerprint density at radius 2 is 1.85 bits per heavy atom. The fourth-order valence-electron chi connectivity index (χ4n) is 2.39. The molecule has 0 radical (unpaired) electrons. The molecule has 3 aromatic rings. The van der Waals surface area contributed by atoms with Crippen LogP contribution >= 0.6 is 0 Å². The minimum atomic E-state index is -0.735. The molecule has 1 heterocycles. The zero-order chi connectivity index (χ0) is 19.4. The number of rotatable bonds is 6. The van der Waals surface area contributed by atoms with Crippen LogP contribution in [0.15, 0.2) is 57.9 Å². The van der Waals surface area contributed by atoms with Crippen LogP contribution in [0.5, 0.6) is 23.0 Å². The number of carbonyl (C=O) groups is 1. The number of carbonyl (C=O) groups excluding carboxylic acids is 1. The summed E-state index contributed by atoms with van der Waals surface area (Å²) in [7, 11) is 0. The van der Waals surface area contributed by atoms with Crippen molar-refractivity contribution in [1.82, 2.24) is 0 Å². The molecule has 7 nitrogen and oxygen atoms in total. The molecule has 0 aliphatic heterocycles. The molecule has 0 saturated heterocycles. The molecule has 0 aliphatic rings. The number of hydrogen-bond acceptors (Lipinski definition) is 7. The number of aromatic hydroxyl groups is 1. The van der Waals surface area contributed by atoms with Crippen molar-refractivity contribution < 1.29 is 28.5 Å². The minimum absolute atomic E-state index is 0.00644. The maximum Gasteiger partial charge on any atom is 0.347 e. The number of ether oxygens (including phenoxy) is 3. The summed E-state index contributed by atoms with van der Waals surface area (Å²) in [4.78, 5) is 24.0. The summed E-state index contributed by atoms with van der Waals surface area (Å²) < 4.78 is 21.3. The van der Waals surface area contributed by atoms with Gasteiger partial charge in [-0.15, -0.1) is 0 Å². The Kier molecular flexibility index (Phi) is 5.30.